The highest BCUT2D eigenvalue weighted by atomic mass is 16.5. The van der Waals surface area contributed by atoms with Crippen LogP contribution in [0.15, 0.2) is 23.1 Å². The van der Waals surface area contributed by atoms with Crippen LogP contribution in [0.2, 0.25) is 0 Å². The van der Waals surface area contributed by atoms with Crippen LogP contribution in [0.1, 0.15) is 30.8 Å². The standard InChI is InChI=1S/C17H20N6O/c1-9(2)21-17-20-7-13(16-11(4)12(5)23-24-16)15(22-17)14-8-18-10(3)6-19-14/h6-9H,1-5H3,(H,20,21,22). The molecule has 3 aromatic rings. The summed E-state index contributed by atoms with van der Waals surface area (Å²) in [5, 5.41) is 7.24. The van der Waals surface area contributed by atoms with E-state index in [1.807, 2.05) is 34.6 Å². The van der Waals surface area contributed by atoms with E-state index in [1.165, 1.54) is 0 Å². The number of nitrogens with zero attached hydrogens (tertiary/aromatic N) is 5. The van der Waals surface area contributed by atoms with Gasteiger partial charge in [0, 0.05) is 24.0 Å². The Morgan fingerprint density at radius 1 is 1.00 bits per heavy atom. The van der Waals surface area contributed by atoms with Crippen LogP contribution < -0.4 is 5.32 Å². The Hall–Kier alpha value is -2.83. The number of aromatic nitrogens is 5. The molecule has 0 aliphatic rings. The normalized spacial score (nSPS) is 11.1. The molecule has 0 aromatic carbocycles. The third kappa shape index (κ3) is 3.10. The van der Waals surface area contributed by atoms with E-state index in [2.05, 4.69) is 30.4 Å². The van der Waals surface area contributed by atoms with Crippen molar-refractivity contribution in [3.05, 3.63) is 35.5 Å². The molecule has 0 bridgehead atoms. The molecule has 7 nitrogen and oxygen atoms in total. The Kier molecular flexibility index (Phi) is 4.24. The largest absolute Gasteiger partial charge is 0.356 e. The van der Waals surface area contributed by atoms with Crippen molar-refractivity contribution >= 4 is 5.95 Å². The zero-order valence-corrected chi connectivity index (χ0v) is 14.5. The predicted molar refractivity (Wildman–Crippen MR) is 91.5 cm³/mol. The minimum atomic E-state index is 0.224. The van der Waals surface area contributed by atoms with Crippen molar-refractivity contribution in [1.82, 2.24) is 25.1 Å². The fourth-order valence-corrected chi connectivity index (χ4v) is 2.25. The van der Waals surface area contributed by atoms with Gasteiger partial charge >= 0.3 is 0 Å². The summed E-state index contributed by atoms with van der Waals surface area (Å²) >= 11 is 0. The number of nitrogens with one attached hydrogen (secondary N) is 1. The molecular formula is C17H20N6O. The van der Waals surface area contributed by atoms with Crippen molar-refractivity contribution in [1.29, 1.82) is 0 Å². The van der Waals surface area contributed by atoms with E-state index in [9.17, 15) is 0 Å². The molecule has 3 aromatic heterocycles. The molecule has 1 N–H and O–H groups in total. The van der Waals surface area contributed by atoms with Gasteiger partial charge in [0.25, 0.3) is 0 Å². The maximum absolute atomic E-state index is 5.49. The minimum absolute atomic E-state index is 0.224. The summed E-state index contributed by atoms with van der Waals surface area (Å²) in [6.07, 6.45) is 5.16. The molecule has 0 unspecified atom stereocenters. The number of hydrogen-bond donors (Lipinski definition) is 1. The molecule has 0 aliphatic carbocycles. The van der Waals surface area contributed by atoms with Gasteiger partial charge in [0.05, 0.1) is 23.1 Å². The first-order chi connectivity index (χ1) is 11.5. The van der Waals surface area contributed by atoms with Gasteiger partial charge in [-0.05, 0) is 34.6 Å². The number of anilines is 1. The lowest BCUT2D eigenvalue weighted by Crippen LogP contribution is -2.13. The van der Waals surface area contributed by atoms with Crippen LogP contribution >= 0.6 is 0 Å². The predicted octanol–water partition coefficient (Wildman–Crippen LogP) is 3.33. The Balaban J connectivity index is 2.17. The molecule has 0 atom stereocenters. The molecule has 24 heavy (non-hydrogen) atoms. The van der Waals surface area contributed by atoms with Crippen LogP contribution in [-0.4, -0.2) is 31.1 Å². The highest BCUT2D eigenvalue weighted by Crippen LogP contribution is 2.32. The molecular weight excluding hydrogens is 304 g/mol. The highest BCUT2D eigenvalue weighted by molar-refractivity contribution is 5.77. The van der Waals surface area contributed by atoms with Gasteiger partial charge in [-0.3, -0.25) is 9.97 Å². The average molecular weight is 324 g/mol. The average Bonchev–Trinajstić information content (AvgIpc) is 2.87. The second-order valence-corrected chi connectivity index (χ2v) is 6.02. The Labute approximate surface area is 140 Å². The van der Waals surface area contributed by atoms with E-state index in [0.717, 1.165) is 22.5 Å². The van der Waals surface area contributed by atoms with Gasteiger partial charge in [0.2, 0.25) is 5.95 Å². The van der Waals surface area contributed by atoms with E-state index < -0.39 is 0 Å². The van der Waals surface area contributed by atoms with E-state index in [1.54, 1.807) is 18.6 Å². The van der Waals surface area contributed by atoms with Crippen LogP contribution in [0.25, 0.3) is 22.7 Å². The Bertz CT molecular complexity index is 854. The van der Waals surface area contributed by atoms with Gasteiger partial charge in [-0.1, -0.05) is 5.16 Å². The Morgan fingerprint density at radius 3 is 2.38 bits per heavy atom. The molecule has 3 heterocycles. The van der Waals surface area contributed by atoms with Gasteiger partial charge in [-0.15, -0.1) is 0 Å². The molecule has 0 aliphatic heterocycles. The smallest absolute Gasteiger partial charge is 0.223 e. The summed E-state index contributed by atoms with van der Waals surface area (Å²) in [5.74, 6) is 1.20. The van der Waals surface area contributed by atoms with Crippen molar-refractivity contribution < 1.29 is 4.52 Å². The summed E-state index contributed by atoms with van der Waals surface area (Å²) in [4.78, 5) is 17.8. The number of aryl methyl sites for hydroxylation is 2. The molecule has 0 saturated carbocycles. The first kappa shape index (κ1) is 16.0. The molecule has 0 fully saturated rings. The second-order valence-electron chi connectivity index (χ2n) is 6.02. The summed E-state index contributed by atoms with van der Waals surface area (Å²) in [6.45, 7) is 9.84. The van der Waals surface area contributed by atoms with Crippen molar-refractivity contribution in [3.63, 3.8) is 0 Å². The lowest BCUT2D eigenvalue weighted by Gasteiger charge is -2.11. The van der Waals surface area contributed by atoms with Gasteiger partial charge in [0.15, 0.2) is 5.76 Å². The third-order valence-electron chi connectivity index (χ3n) is 3.63. The first-order valence-electron chi connectivity index (χ1n) is 7.81. The molecule has 0 radical (unpaired) electrons. The SMILES string of the molecule is Cc1cnc(-c2nc(NC(C)C)ncc2-c2onc(C)c2C)cn1. The first-order valence-corrected chi connectivity index (χ1v) is 7.81. The third-order valence-corrected chi connectivity index (χ3v) is 3.63. The molecule has 0 saturated heterocycles. The van der Waals surface area contributed by atoms with E-state index in [4.69, 9.17) is 4.52 Å². The van der Waals surface area contributed by atoms with E-state index >= 15 is 0 Å². The fraction of sp³-hybridized carbons (Fsp3) is 0.353. The number of rotatable bonds is 4. The fourth-order valence-electron chi connectivity index (χ4n) is 2.25. The zero-order chi connectivity index (χ0) is 17.3. The summed E-state index contributed by atoms with van der Waals surface area (Å²) < 4.78 is 5.49. The van der Waals surface area contributed by atoms with Crippen LogP contribution in [0.3, 0.4) is 0 Å². The second kappa shape index (κ2) is 6.35. The molecule has 0 amide bonds. The summed E-state index contributed by atoms with van der Waals surface area (Å²) in [6, 6.07) is 0.224. The Morgan fingerprint density at radius 2 is 1.79 bits per heavy atom. The van der Waals surface area contributed by atoms with Gasteiger partial charge in [0.1, 0.15) is 11.4 Å². The topological polar surface area (TPSA) is 89.6 Å². The van der Waals surface area contributed by atoms with E-state index in [0.29, 0.717) is 23.1 Å². The highest BCUT2D eigenvalue weighted by Gasteiger charge is 2.19. The summed E-state index contributed by atoms with van der Waals surface area (Å²) in [7, 11) is 0. The quantitative estimate of drug-likeness (QED) is 0.787. The minimum Gasteiger partial charge on any atom is -0.356 e. The van der Waals surface area contributed by atoms with Gasteiger partial charge in [-0.25, -0.2) is 9.97 Å². The van der Waals surface area contributed by atoms with Crippen molar-refractivity contribution in [2.45, 2.75) is 40.7 Å². The van der Waals surface area contributed by atoms with Gasteiger partial charge in [-0.2, -0.15) is 0 Å². The zero-order valence-electron chi connectivity index (χ0n) is 14.5. The van der Waals surface area contributed by atoms with Gasteiger partial charge < -0.3 is 9.84 Å². The molecule has 3 rings (SSSR count). The summed E-state index contributed by atoms with van der Waals surface area (Å²) in [5.41, 5.74) is 4.74. The van der Waals surface area contributed by atoms with Crippen molar-refractivity contribution in [2.75, 3.05) is 5.32 Å². The van der Waals surface area contributed by atoms with E-state index in [-0.39, 0.29) is 6.04 Å². The van der Waals surface area contributed by atoms with Crippen LogP contribution in [0.5, 0.6) is 0 Å². The maximum Gasteiger partial charge on any atom is 0.223 e. The van der Waals surface area contributed by atoms with Crippen molar-refractivity contribution in [3.8, 4) is 22.7 Å². The number of hydrogen-bond acceptors (Lipinski definition) is 7. The maximum atomic E-state index is 5.49. The van der Waals surface area contributed by atoms with Crippen LogP contribution in [-0.2, 0) is 0 Å². The van der Waals surface area contributed by atoms with Crippen molar-refractivity contribution in [2.24, 2.45) is 0 Å². The molecule has 124 valence electrons. The molecule has 0 spiro atoms. The lowest BCUT2D eigenvalue weighted by molar-refractivity contribution is 0.426. The van der Waals surface area contributed by atoms with Crippen LogP contribution in [0, 0.1) is 20.8 Å². The lowest BCUT2D eigenvalue weighted by atomic mass is 10.1. The monoisotopic (exact) mass is 324 g/mol. The molecule has 7 heteroatoms. The van der Waals surface area contributed by atoms with Crippen LogP contribution in [0.4, 0.5) is 5.95 Å².